The summed E-state index contributed by atoms with van der Waals surface area (Å²) >= 11 is 0. The van der Waals surface area contributed by atoms with E-state index in [1.54, 1.807) is 43.3 Å². The van der Waals surface area contributed by atoms with Crippen molar-refractivity contribution in [2.24, 2.45) is 0 Å². The van der Waals surface area contributed by atoms with Gasteiger partial charge in [0.15, 0.2) is 0 Å². The number of carbonyl (C=O) groups is 2. The first-order chi connectivity index (χ1) is 11.5. The van der Waals surface area contributed by atoms with Crippen LogP contribution in [0.5, 0.6) is 0 Å². The van der Waals surface area contributed by atoms with Gasteiger partial charge in [0, 0.05) is 23.5 Å². The van der Waals surface area contributed by atoms with Crippen LogP contribution in [-0.4, -0.2) is 23.4 Å². The topological polar surface area (TPSA) is 113 Å². The molecule has 0 spiro atoms. The largest absolute Gasteiger partial charge is 0.376 e. The van der Waals surface area contributed by atoms with E-state index in [4.69, 9.17) is 0 Å². The number of imide groups is 1. The molecule has 24 heavy (non-hydrogen) atoms. The maximum atomic E-state index is 11.8. The average molecular weight is 328 g/mol. The third-order valence-corrected chi connectivity index (χ3v) is 3.16. The van der Waals surface area contributed by atoms with Gasteiger partial charge in [-0.25, -0.2) is 4.79 Å². The Labute approximate surface area is 138 Å². The molecule has 0 bridgehead atoms. The Hall–Kier alpha value is -3.42. The lowest BCUT2D eigenvalue weighted by atomic mass is 10.2. The predicted octanol–water partition coefficient (Wildman–Crippen LogP) is 2.66. The Bertz CT molecular complexity index is 762. The Morgan fingerprint density at radius 1 is 1.12 bits per heavy atom. The van der Waals surface area contributed by atoms with Gasteiger partial charge in [-0.15, -0.1) is 0 Å². The molecule has 2 rings (SSSR count). The molecule has 0 atom stereocenters. The van der Waals surface area contributed by atoms with Gasteiger partial charge in [-0.2, -0.15) is 0 Å². The Morgan fingerprint density at radius 3 is 2.50 bits per heavy atom. The number of nitro groups is 1. The van der Waals surface area contributed by atoms with Crippen LogP contribution in [0.3, 0.4) is 0 Å². The van der Waals surface area contributed by atoms with Crippen LogP contribution in [0, 0.1) is 17.0 Å². The van der Waals surface area contributed by atoms with Gasteiger partial charge in [0.25, 0.3) is 5.69 Å². The number of rotatable bonds is 5. The highest BCUT2D eigenvalue weighted by molar-refractivity contribution is 6.02. The molecule has 0 heterocycles. The summed E-state index contributed by atoms with van der Waals surface area (Å²) < 4.78 is 0. The fraction of sp³-hybridized carbons (Fsp3) is 0.125. The van der Waals surface area contributed by atoms with E-state index in [1.807, 2.05) is 0 Å². The number of anilines is 2. The number of amides is 3. The Morgan fingerprint density at radius 2 is 1.83 bits per heavy atom. The third kappa shape index (κ3) is 4.80. The molecule has 0 fully saturated rings. The van der Waals surface area contributed by atoms with Gasteiger partial charge in [-0.3, -0.25) is 20.2 Å². The number of nitro benzene ring substituents is 1. The van der Waals surface area contributed by atoms with Gasteiger partial charge in [-0.05, 0) is 24.6 Å². The van der Waals surface area contributed by atoms with Crippen molar-refractivity contribution >= 4 is 29.0 Å². The Balaban J connectivity index is 1.88. The van der Waals surface area contributed by atoms with Crippen LogP contribution in [0.1, 0.15) is 5.56 Å². The molecule has 0 aliphatic heterocycles. The van der Waals surface area contributed by atoms with Crippen LogP contribution >= 0.6 is 0 Å². The lowest BCUT2D eigenvalue weighted by Gasteiger charge is -2.10. The van der Waals surface area contributed by atoms with Crippen LogP contribution in [0.25, 0.3) is 0 Å². The zero-order chi connectivity index (χ0) is 17.5. The first-order valence-corrected chi connectivity index (χ1v) is 7.10. The predicted molar refractivity (Wildman–Crippen MR) is 89.9 cm³/mol. The zero-order valence-corrected chi connectivity index (χ0v) is 12.9. The highest BCUT2D eigenvalue weighted by Gasteiger charge is 2.11. The standard InChI is InChI=1S/C16H16N4O4/c1-11-7-8-13(20(23)24)9-14(11)17-10-15(21)19-16(22)18-12-5-3-2-4-6-12/h2-9,17H,10H2,1H3,(H2,18,19,21,22). The molecule has 2 aromatic carbocycles. The van der Waals surface area contributed by atoms with Crippen molar-refractivity contribution in [1.82, 2.24) is 5.32 Å². The number of para-hydroxylation sites is 1. The van der Waals surface area contributed by atoms with Crippen molar-refractivity contribution in [2.45, 2.75) is 6.92 Å². The van der Waals surface area contributed by atoms with E-state index < -0.39 is 16.9 Å². The summed E-state index contributed by atoms with van der Waals surface area (Å²) in [4.78, 5) is 33.7. The lowest BCUT2D eigenvalue weighted by Crippen LogP contribution is -2.38. The molecular weight excluding hydrogens is 312 g/mol. The van der Waals surface area contributed by atoms with Crippen molar-refractivity contribution in [2.75, 3.05) is 17.2 Å². The fourth-order valence-electron chi connectivity index (χ4n) is 1.94. The highest BCUT2D eigenvalue weighted by Crippen LogP contribution is 2.21. The SMILES string of the molecule is Cc1ccc([N+](=O)[O-])cc1NCC(=O)NC(=O)Nc1ccccc1. The molecule has 3 amide bonds. The summed E-state index contributed by atoms with van der Waals surface area (Å²) in [5, 5.41) is 18.2. The smallest absolute Gasteiger partial charge is 0.325 e. The fourth-order valence-corrected chi connectivity index (χ4v) is 1.94. The zero-order valence-electron chi connectivity index (χ0n) is 12.9. The van der Waals surface area contributed by atoms with Crippen LogP contribution in [0.4, 0.5) is 21.9 Å². The number of urea groups is 1. The normalized spacial score (nSPS) is 9.88. The number of benzene rings is 2. The third-order valence-electron chi connectivity index (χ3n) is 3.16. The summed E-state index contributed by atoms with van der Waals surface area (Å²) in [7, 11) is 0. The van der Waals surface area contributed by atoms with Crippen LogP contribution in [0.2, 0.25) is 0 Å². The first-order valence-electron chi connectivity index (χ1n) is 7.10. The van der Waals surface area contributed by atoms with E-state index in [0.717, 1.165) is 5.56 Å². The monoisotopic (exact) mass is 328 g/mol. The summed E-state index contributed by atoms with van der Waals surface area (Å²) in [6.07, 6.45) is 0. The molecule has 0 aliphatic carbocycles. The molecular formula is C16H16N4O4. The lowest BCUT2D eigenvalue weighted by molar-refractivity contribution is -0.384. The molecule has 0 unspecified atom stereocenters. The number of hydrogen-bond donors (Lipinski definition) is 3. The molecule has 0 saturated heterocycles. The molecule has 0 aromatic heterocycles. The molecule has 0 radical (unpaired) electrons. The van der Waals surface area contributed by atoms with E-state index in [9.17, 15) is 19.7 Å². The molecule has 3 N–H and O–H groups in total. The summed E-state index contributed by atoms with van der Waals surface area (Å²) in [6, 6.07) is 12.3. The van der Waals surface area contributed by atoms with E-state index in [-0.39, 0.29) is 12.2 Å². The van der Waals surface area contributed by atoms with Crippen molar-refractivity contribution in [3.8, 4) is 0 Å². The second-order valence-electron chi connectivity index (χ2n) is 4.98. The number of nitrogens with zero attached hydrogens (tertiary/aromatic N) is 1. The van der Waals surface area contributed by atoms with E-state index in [0.29, 0.717) is 11.4 Å². The minimum atomic E-state index is -0.649. The average Bonchev–Trinajstić information content (AvgIpc) is 2.54. The molecule has 0 aliphatic rings. The molecule has 8 heteroatoms. The quantitative estimate of drug-likeness (QED) is 0.577. The first kappa shape index (κ1) is 16.9. The van der Waals surface area contributed by atoms with Crippen molar-refractivity contribution in [3.63, 3.8) is 0 Å². The number of carbonyl (C=O) groups excluding carboxylic acids is 2. The van der Waals surface area contributed by atoms with Gasteiger partial charge in [0.1, 0.15) is 0 Å². The van der Waals surface area contributed by atoms with Gasteiger partial charge < -0.3 is 10.6 Å². The van der Waals surface area contributed by atoms with Crippen LogP contribution in [-0.2, 0) is 4.79 Å². The van der Waals surface area contributed by atoms with Crippen molar-refractivity contribution < 1.29 is 14.5 Å². The number of nitrogens with one attached hydrogen (secondary N) is 3. The maximum absolute atomic E-state index is 11.8. The van der Waals surface area contributed by atoms with Crippen molar-refractivity contribution in [3.05, 3.63) is 64.2 Å². The maximum Gasteiger partial charge on any atom is 0.325 e. The highest BCUT2D eigenvalue weighted by atomic mass is 16.6. The van der Waals surface area contributed by atoms with E-state index in [2.05, 4.69) is 16.0 Å². The van der Waals surface area contributed by atoms with E-state index in [1.165, 1.54) is 12.1 Å². The Kier molecular flexibility index (Phi) is 5.45. The number of hydrogen-bond acceptors (Lipinski definition) is 5. The molecule has 8 nitrogen and oxygen atoms in total. The number of aryl methyl sites for hydroxylation is 1. The molecule has 2 aromatic rings. The minimum Gasteiger partial charge on any atom is -0.376 e. The van der Waals surface area contributed by atoms with Crippen LogP contribution in [0.15, 0.2) is 48.5 Å². The summed E-state index contributed by atoms with van der Waals surface area (Å²) in [5.41, 5.74) is 1.69. The van der Waals surface area contributed by atoms with Crippen LogP contribution < -0.4 is 16.0 Å². The van der Waals surface area contributed by atoms with Gasteiger partial charge in [0.2, 0.25) is 5.91 Å². The van der Waals surface area contributed by atoms with Gasteiger partial charge in [0.05, 0.1) is 11.5 Å². The summed E-state index contributed by atoms with van der Waals surface area (Å²) in [6.45, 7) is 1.57. The number of non-ortho nitro benzene ring substituents is 1. The molecule has 0 saturated carbocycles. The summed E-state index contributed by atoms with van der Waals surface area (Å²) in [5.74, 6) is -0.561. The van der Waals surface area contributed by atoms with E-state index >= 15 is 0 Å². The van der Waals surface area contributed by atoms with Gasteiger partial charge >= 0.3 is 6.03 Å². The minimum absolute atomic E-state index is 0.0784. The van der Waals surface area contributed by atoms with Crippen molar-refractivity contribution in [1.29, 1.82) is 0 Å². The second kappa shape index (κ2) is 7.73. The second-order valence-corrected chi connectivity index (χ2v) is 4.98. The molecule has 124 valence electrons. The van der Waals surface area contributed by atoms with Gasteiger partial charge in [-0.1, -0.05) is 24.3 Å².